The quantitative estimate of drug-likeness (QED) is 0.546. The van der Waals surface area contributed by atoms with Gasteiger partial charge in [0.15, 0.2) is 5.75 Å². The molecule has 0 unspecified atom stereocenters. The normalized spacial score (nSPS) is 10.7. The van der Waals surface area contributed by atoms with Crippen molar-refractivity contribution in [3.8, 4) is 11.5 Å². The highest BCUT2D eigenvalue weighted by Gasteiger charge is 2.03. The lowest BCUT2D eigenvalue weighted by Gasteiger charge is -2.07. The van der Waals surface area contributed by atoms with E-state index in [-0.39, 0.29) is 0 Å². The number of benzene rings is 3. The van der Waals surface area contributed by atoms with Crippen molar-refractivity contribution in [3.05, 3.63) is 84.9 Å². The van der Waals surface area contributed by atoms with E-state index in [1.165, 1.54) is 0 Å². The molecule has 0 saturated heterocycles. The molecule has 0 amide bonds. The molecule has 3 nitrogen and oxygen atoms in total. The van der Waals surface area contributed by atoms with Gasteiger partial charge in [0, 0.05) is 0 Å². The summed E-state index contributed by atoms with van der Waals surface area (Å²) >= 11 is 0. The summed E-state index contributed by atoms with van der Waals surface area (Å²) in [6.07, 6.45) is 0. The second kappa shape index (κ2) is 6.48. The van der Waals surface area contributed by atoms with Gasteiger partial charge in [0.05, 0.1) is 5.69 Å². The Labute approximate surface area is 123 Å². The fourth-order valence-corrected chi connectivity index (χ4v) is 1.85. The van der Waals surface area contributed by atoms with Crippen molar-refractivity contribution in [3.63, 3.8) is 0 Å². The lowest BCUT2D eigenvalue weighted by Crippen LogP contribution is -1.83. The Balaban J connectivity index is 1.84. The van der Waals surface area contributed by atoms with E-state index < -0.39 is 0 Å². The van der Waals surface area contributed by atoms with Crippen molar-refractivity contribution in [2.24, 2.45) is 10.2 Å². The molecule has 0 bridgehead atoms. The minimum atomic E-state index is 0.684. The average Bonchev–Trinajstić information content (AvgIpc) is 2.56. The molecule has 0 spiro atoms. The van der Waals surface area contributed by atoms with Crippen molar-refractivity contribution in [1.29, 1.82) is 0 Å². The zero-order chi connectivity index (χ0) is 14.3. The van der Waals surface area contributed by atoms with Crippen molar-refractivity contribution < 1.29 is 4.74 Å². The number of rotatable bonds is 4. The summed E-state index contributed by atoms with van der Waals surface area (Å²) < 4.78 is 5.84. The molecule has 102 valence electrons. The van der Waals surface area contributed by atoms with Gasteiger partial charge in [0.1, 0.15) is 11.4 Å². The average molecular weight is 274 g/mol. The van der Waals surface area contributed by atoms with Gasteiger partial charge in [-0.15, -0.1) is 5.11 Å². The van der Waals surface area contributed by atoms with E-state index >= 15 is 0 Å². The van der Waals surface area contributed by atoms with Crippen LogP contribution in [0.3, 0.4) is 0 Å². The van der Waals surface area contributed by atoms with E-state index in [1.54, 1.807) is 0 Å². The van der Waals surface area contributed by atoms with E-state index in [0.29, 0.717) is 11.4 Å². The number of azo groups is 1. The molecule has 0 fully saturated rings. The Bertz CT molecular complexity index is 724. The van der Waals surface area contributed by atoms with Crippen LogP contribution in [-0.4, -0.2) is 0 Å². The summed E-state index contributed by atoms with van der Waals surface area (Å²) in [6, 6.07) is 26.9. The fourth-order valence-electron chi connectivity index (χ4n) is 1.85. The van der Waals surface area contributed by atoms with Crippen LogP contribution in [0.4, 0.5) is 11.4 Å². The number of hydrogen-bond donors (Lipinski definition) is 0. The van der Waals surface area contributed by atoms with E-state index in [2.05, 4.69) is 10.2 Å². The highest BCUT2D eigenvalue weighted by molar-refractivity contribution is 5.53. The Hall–Kier alpha value is -2.94. The van der Waals surface area contributed by atoms with E-state index in [1.807, 2.05) is 84.9 Å². The van der Waals surface area contributed by atoms with Crippen molar-refractivity contribution in [2.75, 3.05) is 0 Å². The number of nitrogens with zero attached hydrogens (tertiary/aromatic N) is 2. The molecule has 0 aliphatic rings. The predicted octanol–water partition coefficient (Wildman–Crippen LogP) is 5.89. The van der Waals surface area contributed by atoms with Crippen molar-refractivity contribution in [2.45, 2.75) is 0 Å². The highest BCUT2D eigenvalue weighted by atomic mass is 16.5. The van der Waals surface area contributed by atoms with Gasteiger partial charge in [0.25, 0.3) is 0 Å². The van der Waals surface area contributed by atoms with E-state index in [0.717, 1.165) is 11.4 Å². The van der Waals surface area contributed by atoms with Crippen LogP contribution in [-0.2, 0) is 0 Å². The first-order valence-corrected chi connectivity index (χ1v) is 6.70. The van der Waals surface area contributed by atoms with Crippen LogP contribution in [0.2, 0.25) is 0 Å². The van der Waals surface area contributed by atoms with Gasteiger partial charge in [0.2, 0.25) is 0 Å². The van der Waals surface area contributed by atoms with Gasteiger partial charge >= 0.3 is 0 Å². The van der Waals surface area contributed by atoms with Gasteiger partial charge in [-0.05, 0) is 36.4 Å². The molecule has 0 aliphatic carbocycles. The maximum Gasteiger partial charge on any atom is 0.154 e. The first-order valence-electron chi connectivity index (χ1n) is 6.70. The Kier molecular flexibility index (Phi) is 4.03. The highest BCUT2D eigenvalue weighted by Crippen LogP contribution is 2.32. The first-order chi connectivity index (χ1) is 10.4. The summed E-state index contributed by atoms with van der Waals surface area (Å²) in [4.78, 5) is 0. The molecular formula is C18H14N2O. The fraction of sp³-hybridized carbons (Fsp3) is 0. The molecule has 0 aromatic heterocycles. The third kappa shape index (κ3) is 3.54. The molecule has 3 aromatic rings. The van der Waals surface area contributed by atoms with Gasteiger partial charge in [-0.25, -0.2) is 0 Å². The molecule has 0 atom stereocenters. The predicted molar refractivity (Wildman–Crippen MR) is 83.6 cm³/mol. The Morgan fingerprint density at radius 1 is 0.571 bits per heavy atom. The lowest BCUT2D eigenvalue weighted by atomic mass is 10.3. The molecular weight excluding hydrogens is 260 g/mol. The molecule has 0 N–H and O–H groups in total. The molecule has 0 saturated carbocycles. The molecule has 0 aliphatic heterocycles. The Morgan fingerprint density at radius 3 is 1.95 bits per heavy atom. The van der Waals surface area contributed by atoms with Crippen molar-refractivity contribution in [1.82, 2.24) is 0 Å². The second-order valence-electron chi connectivity index (χ2n) is 4.42. The molecule has 3 rings (SSSR count). The van der Waals surface area contributed by atoms with Crippen LogP contribution in [0.1, 0.15) is 0 Å². The maximum absolute atomic E-state index is 5.84. The number of ether oxygens (including phenoxy) is 1. The number of para-hydroxylation sites is 2. The van der Waals surface area contributed by atoms with Crippen LogP contribution < -0.4 is 4.74 Å². The summed E-state index contributed by atoms with van der Waals surface area (Å²) in [7, 11) is 0. The smallest absolute Gasteiger partial charge is 0.154 e. The zero-order valence-electron chi connectivity index (χ0n) is 11.4. The maximum atomic E-state index is 5.84. The van der Waals surface area contributed by atoms with E-state index in [9.17, 15) is 0 Å². The van der Waals surface area contributed by atoms with Gasteiger partial charge in [-0.1, -0.05) is 48.5 Å². The monoisotopic (exact) mass is 274 g/mol. The standard InChI is InChI=1S/C18H14N2O/c1-3-9-15(10-4-1)19-20-17-13-7-8-14-18(17)21-16-11-5-2-6-12-16/h1-14H. The summed E-state index contributed by atoms with van der Waals surface area (Å²) in [6.45, 7) is 0. The van der Waals surface area contributed by atoms with Crippen molar-refractivity contribution >= 4 is 11.4 Å². The molecule has 3 heteroatoms. The van der Waals surface area contributed by atoms with Crippen LogP contribution in [0, 0.1) is 0 Å². The molecule has 3 aromatic carbocycles. The molecule has 0 heterocycles. The van der Waals surface area contributed by atoms with Crippen LogP contribution in [0.5, 0.6) is 11.5 Å². The topological polar surface area (TPSA) is 34.0 Å². The third-order valence-electron chi connectivity index (χ3n) is 2.87. The second-order valence-corrected chi connectivity index (χ2v) is 4.42. The summed E-state index contributed by atoms with van der Waals surface area (Å²) in [5.41, 5.74) is 1.51. The Morgan fingerprint density at radius 2 is 1.19 bits per heavy atom. The zero-order valence-corrected chi connectivity index (χ0v) is 11.4. The van der Waals surface area contributed by atoms with E-state index in [4.69, 9.17) is 4.74 Å². The van der Waals surface area contributed by atoms with Crippen LogP contribution in [0.15, 0.2) is 95.2 Å². The van der Waals surface area contributed by atoms with Gasteiger partial charge in [-0.3, -0.25) is 0 Å². The number of hydrogen-bond acceptors (Lipinski definition) is 3. The van der Waals surface area contributed by atoms with Gasteiger partial charge < -0.3 is 4.74 Å². The van der Waals surface area contributed by atoms with Gasteiger partial charge in [-0.2, -0.15) is 5.11 Å². The third-order valence-corrected chi connectivity index (χ3v) is 2.87. The minimum Gasteiger partial charge on any atom is -0.455 e. The summed E-state index contributed by atoms with van der Waals surface area (Å²) in [5.74, 6) is 1.46. The summed E-state index contributed by atoms with van der Waals surface area (Å²) in [5, 5.41) is 8.50. The molecule has 0 radical (unpaired) electrons. The van der Waals surface area contributed by atoms with Crippen LogP contribution in [0.25, 0.3) is 0 Å². The largest absolute Gasteiger partial charge is 0.455 e. The first kappa shape index (κ1) is 13.1. The SMILES string of the molecule is c1ccc(N=Nc2ccccc2Oc2ccccc2)cc1. The minimum absolute atomic E-state index is 0.684. The van der Waals surface area contributed by atoms with Crippen LogP contribution >= 0.6 is 0 Å². The lowest BCUT2D eigenvalue weighted by molar-refractivity contribution is 0.483. The molecule has 21 heavy (non-hydrogen) atoms.